The molecule has 0 aliphatic carbocycles. The highest BCUT2D eigenvalue weighted by Gasteiger charge is 2.31. The summed E-state index contributed by atoms with van der Waals surface area (Å²) in [7, 11) is 1.61. The number of carbonyl (C=O) groups excluding carboxylic acids is 1. The third-order valence-electron chi connectivity index (χ3n) is 6.05. The van der Waals surface area contributed by atoms with Crippen molar-refractivity contribution in [1.29, 1.82) is 0 Å². The average Bonchev–Trinajstić information content (AvgIpc) is 3.35. The molecule has 4 rings (SSSR count). The molecule has 0 bridgehead atoms. The lowest BCUT2D eigenvalue weighted by Crippen LogP contribution is -2.52. The van der Waals surface area contributed by atoms with Gasteiger partial charge in [-0.15, -0.1) is 11.3 Å². The minimum atomic E-state index is -0.0688. The van der Waals surface area contributed by atoms with Crippen LogP contribution in [0.3, 0.4) is 0 Å². The maximum Gasteiger partial charge on any atom is 0.251 e. The first-order valence-electron chi connectivity index (χ1n) is 11.1. The van der Waals surface area contributed by atoms with Crippen LogP contribution in [-0.2, 0) is 6.54 Å². The molecule has 0 saturated carbocycles. The molecule has 2 atom stereocenters. The highest BCUT2D eigenvalue weighted by Crippen LogP contribution is 2.30. The Morgan fingerprint density at radius 1 is 1.03 bits per heavy atom. The van der Waals surface area contributed by atoms with E-state index in [2.05, 4.69) is 69.9 Å². The van der Waals surface area contributed by atoms with E-state index in [-0.39, 0.29) is 18.0 Å². The molecule has 0 spiro atoms. The van der Waals surface area contributed by atoms with Gasteiger partial charge in [0, 0.05) is 49.2 Å². The average molecular weight is 450 g/mol. The molecule has 1 fully saturated rings. The molecule has 3 aromatic rings. The zero-order valence-electron chi connectivity index (χ0n) is 18.7. The normalized spacial score (nSPS) is 16.9. The van der Waals surface area contributed by atoms with Gasteiger partial charge in [0.05, 0.1) is 13.2 Å². The topological polar surface area (TPSA) is 44.8 Å². The zero-order valence-corrected chi connectivity index (χ0v) is 19.6. The van der Waals surface area contributed by atoms with Crippen molar-refractivity contribution in [2.24, 2.45) is 0 Å². The van der Waals surface area contributed by atoms with Gasteiger partial charge in [-0.1, -0.05) is 42.5 Å². The number of amides is 1. The van der Waals surface area contributed by atoms with Crippen LogP contribution in [0.2, 0.25) is 0 Å². The molecule has 0 radical (unpaired) electrons. The summed E-state index contributed by atoms with van der Waals surface area (Å²) in [6.07, 6.45) is 0. The van der Waals surface area contributed by atoms with Crippen LogP contribution in [0.1, 0.15) is 33.8 Å². The van der Waals surface area contributed by atoms with Crippen LogP contribution in [0.25, 0.3) is 0 Å². The first-order chi connectivity index (χ1) is 15.6. The number of carbonyl (C=O) groups is 1. The second-order valence-corrected chi connectivity index (χ2v) is 9.23. The summed E-state index contributed by atoms with van der Waals surface area (Å²) in [6.45, 7) is 7.10. The van der Waals surface area contributed by atoms with E-state index < -0.39 is 0 Å². The largest absolute Gasteiger partial charge is 0.497 e. The SMILES string of the molecule is COc1cccc(C(=O)N[C@H](C)[C@@H](c2cccs2)N2CCN(Cc3ccccc3)CC2)c1. The third-order valence-corrected chi connectivity index (χ3v) is 6.99. The molecule has 2 aromatic carbocycles. The van der Waals surface area contributed by atoms with E-state index >= 15 is 0 Å². The number of nitrogens with one attached hydrogen (secondary N) is 1. The number of benzene rings is 2. The molecule has 32 heavy (non-hydrogen) atoms. The maximum absolute atomic E-state index is 12.9. The number of rotatable bonds is 8. The molecular weight excluding hydrogens is 418 g/mol. The van der Waals surface area contributed by atoms with Gasteiger partial charge in [-0.25, -0.2) is 0 Å². The lowest BCUT2D eigenvalue weighted by molar-refractivity contribution is 0.0714. The predicted octanol–water partition coefficient (Wildman–Crippen LogP) is 4.43. The van der Waals surface area contributed by atoms with Crippen molar-refractivity contribution in [3.05, 3.63) is 88.1 Å². The lowest BCUT2D eigenvalue weighted by atomic mass is 10.0. The number of ether oxygens (including phenoxy) is 1. The molecule has 1 saturated heterocycles. The van der Waals surface area contributed by atoms with E-state index in [1.807, 2.05) is 18.2 Å². The molecule has 6 heteroatoms. The minimum Gasteiger partial charge on any atom is -0.497 e. The van der Waals surface area contributed by atoms with E-state index in [9.17, 15) is 4.79 Å². The molecule has 0 unspecified atom stereocenters. The highest BCUT2D eigenvalue weighted by molar-refractivity contribution is 7.10. The Bertz CT molecular complexity index is 985. The van der Waals surface area contributed by atoms with E-state index in [1.54, 1.807) is 24.5 Å². The molecule has 1 aliphatic rings. The molecule has 5 nitrogen and oxygen atoms in total. The monoisotopic (exact) mass is 449 g/mol. The van der Waals surface area contributed by atoms with E-state index in [0.717, 1.165) is 32.7 Å². The van der Waals surface area contributed by atoms with Gasteiger partial charge in [0.2, 0.25) is 0 Å². The second kappa shape index (κ2) is 10.8. The summed E-state index contributed by atoms with van der Waals surface area (Å²) in [5.74, 6) is 0.621. The number of thiophene rings is 1. The summed E-state index contributed by atoms with van der Waals surface area (Å²) in [4.78, 5) is 19.3. The van der Waals surface area contributed by atoms with Crippen molar-refractivity contribution < 1.29 is 9.53 Å². The van der Waals surface area contributed by atoms with Crippen LogP contribution >= 0.6 is 11.3 Å². The Morgan fingerprint density at radius 2 is 1.81 bits per heavy atom. The van der Waals surface area contributed by atoms with Gasteiger partial charge >= 0.3 is 0 Å². The fourth-order valence-corrected chi connectivity index (χ4v) is 5.34. The lowest BCUT2D eigenvalue weighted by Gasteiger charge is -2.41. The van der Waals surface area contributed by atoms with Crippen LogP contribution in [0, 0.1) is 0 Å². The molecule has 1 aromatic heterocycles. The van der Waals surface area contributed by atoms with E-state index in [4.69, 9.17) is 4.74 Å². The molecule has 1 aliphatic heterocycles. The first kappa shape index (κ1) is 22.5. The number of hydrogen-bond acceptors (Lipinski definition) is 5. The van der Waals surface area contributed by atoms with Crippen molar-refractivity contribution in [3.8, 4) is 5.75 Å². The van der Waals surface area contributed by atoms with Crippen LogP contribution in [0.4, 0.5) is 0 Å². The fraction of sp³-hybridized carbons (Fsp3) is 0.346. The summed E-state index contributed by atoms with van der Waals surface area (Å²) >= 11 is 1.76. The Labute approximate surface area is 194 Å². The number of methoxy groups -OCH3 is 1. The first-order valence-corrected chi connectivity index (χ1v) is 12.0. The number of nitrogens with zero attached hydrogens (tertiary/aromatic N) is 2. The highest BCUT2D eigenvalue weighted by atomic mass is 32.1. The van der Waals surface area contributed by atoms with Crippen LogP contribution in [0.5, 0.6) is 5.75 Å². The zero-order chi connectivity index (χ0) is 22.3. The van der Waals surface area contributed by atoms with Crippen LogP contribution in [-0.4, -0.2) is 55.0 Å². The van der Waals surface area contributed by atoms with Crippen LogP contribution < -0.4 is 10.1 Å². The Morgan fingerprint density at radius 3 is 2.50 bits per heavy atom. The molecule has 1 amide bonds. The third kappa shape index (κ3) is 5.57. The predicted molar refractivity (Wildman–Crippen MR) is 130 cm³/mol. The van der Waals surface area contributed by atoms with E-state index in [1.165, 1.54) is 10.4 Å². The van der Waals surface area contributed by atoms with Crippen molar-refractivity contribution in [2.75, 3.05) is 33.3 Å². The smallest absolute Gasteiger partial charge is 0.251 e. The van der Waals surface area contributed by atoms with Gasteiger partial charge in [0.15, 0.2) is 0 Å². The minimum absolute atomic E-state index is 0.0203. The van der Waals surface area contributed by atoms with Gasteiger partial charge in [-0.2, -0.15) is 0 Å². The number of hydrogen-bond donors (Lipinski definition) is 1. The summed E-state index contributed by atoms with van der Waals surface area (Å²) in [6, 6.07) is 22.4. The Hall–Kier alpha value is -2.67. The van der Waals surface area contributed by atoms with Crippen LogP contribution in [0.15, 0.2) is 72.1 Å². The second-order valence-electron chi connectivity index (χ2n) is 8.25. The standard InChI is InChI=1S/C26H31N3O2S/c1-20(27-26(30)22-10-6-11-23(18-22)31-2)25(24-12-7-17-32-24)29-15-13-28(14-16-29)19-21-8-4-3-5-9-21/h3-12,17-18,20,25H,13-16,19H2,1-2H3,(H,27,30)/t20-,25+/m1/s1. The quantitative estimate of drug-likeness (QED) is 0.552. The molecule has 168 valence electrons. The number of piperazine rings is 1. The fourth-order valence-electron chi connectivity index (χ4n) is 4.38. The van der Waals surface area contributed by atoms with E-state index in [0.29, 0.717) is 11.3 Å². The van der Waals surface area contributed by atoms with Crippen molar-refractivity contribution in [1.82, 2.24) is 15.1 Å². The Balaban J connectivity index is 1.42. The summed E-state index contributed by atoms with van der Waals surface area (Å²) < 4.78 is 5.27. The van der Waals surface area contributed by atoms with Gasteiger partial charge in [-0.3, -0.25) is 14.6 Å². The molecule has 2 heterocycles. The van der Waals surface area contributed by atoms with Gasteiger partial charge in [-0.05, 0) is 42.1 Å². The van der Waals surface area contributed by atoms with Gasteiger partial charge in [0.25, 0.3) is 5.91 Å². The summed E-state index contributed by atoms with van der Waals surface area (Å²) in [5, 5.41) is 5.36. The van der Waals surface area contributed by atoms with Crippen molar-refractivity contribution >= 4 is 17.2 Å². The van der Waals surface area contributed by atoms with Gasteiger partial charge < -0.3 is 10.1 Å². The van der Waals surface area contributed by atoms with Crippen molar-refractivity contribution in [2.45, 2.75) is 25.6 Å². The Kier molecular flexibility index (Phi) is 7.58. The molecular formula is C26H31N3O2S. The van der Waals surface area contributed by atoms with Crippen molar-refractivity contribution in [3.63, 3.8) is 0 Å². The maximum atomic E-state index is 12.9. The molecule has 1 N–H and O–H groups in total. The summed E-state index contributed by atoms with van der Waals surface area (Å²) in [5.41, 5.74) is 1.98. The van der Waals surface area contributed by atoms with Gasteiger partial charge in [0.1, 0.15) is 5.75 Å².